The Bertz CT molecular complexity index is 356. The Hall–Kier alpha value is -1.02. The van der Waals surface area contributed by atoms with Gasteiger partial charge in [-0.25, -0.2) is 0 Å². The van der Waals surface area contributed by atoms with Crippen LogP contribution in [0.5, 0.6) is 0 Å². The van der Waals surface area contributed by atoms with Crippen molar-refractivity contribution in [2.45, 2.75) is 33.1 Å². The number of benzene rings is 1. The number of nitrogens with zero attached hydrogens (tertiary/aromatic N) is 1. The first-order valence-electron chi connectivity index (χ1n) is 7.32. The number of hydrogen-bond donors (Lipinski definition) is 1. The van der Waals surface area contributed by atoms with Crippen molar-refractivity contribution in [2.75, 3.05) is 31.1 Å². The summed E-state index contributed by atoms with van der Waals surface area (Å²) < 4.78 is 0. The lowest BCUT2D eigenvalue weighted by molar-refractivity contribution is 0.359. The van der Waals surface area contributed by atoms with Gasteiger partial charge in [-0.2, -0.15) is 0 Å². The van der Waals surface area contributed by atoms with E-state index in [0.717, 1.165) is 12.5 Å². The molecule has 1 unspecified atom stereocenters. The van der Waals surface area contributed by atoms with E-state index in [4.69, 9.17) is 0 Å². The summed E-state index contributed by atoms with van der Waals surface area (Å²) in [5.41, 5.74) is 2.80. The van der Waals surface area contributed by atoms with Gasteiger partial charge in [0.25, 0.3) is 0 Å². The van der Waals surface area contributed by atoms with E-state index in [-0.39, 0.29) is 0 Å². The summed E-state index contributed by atoms with van der Waals surface area (Å²) in [5.74, 6) is 0.872. The Kier molecular flexibility index (Phi) is 5.06. The second-order valence-electron chi connectivity index (χ2n) is 5.37. The van der Waals surface area contributed by atoms with Gasteiger partial charge in [-0.15, -0.1) is 0 Å². The molecule has 1 heterocycles. The molecule has 1 aliphatic heterocycles. The number of anilines is 1. The van der Waals surface area contributed by atoms with E-state index in [1.54, 1.807) is 0 Å². The topological polar surface area (TPSA) is 15.3 Å². The summed E-state index contributed by atoms with van der Waals surface area (Å²) in [5, 5.41) is 3.51. The van der Waals surface area contributed by atoms with Gasteiger partial charge in [0.15, 0.2) is 0 Å². The van der Waals surface area contributed by atoms with Crippen LogP contribution in [0.2, 0.25) is 0 Å². The van der Waals surface area contributed by atoms with Crippen LogP contribution in [0.15, 0.2) is 24.3 Å². The number of rotatable bonds is 5. The molecule has 1 N–H and O–H groups in total. The highest BCUT2D eigenvalue weighted by molar-refractivity contribution is 5.52. The lowest BCUT2D eigenvalue weighted by Crippen LogP contribution is -2.33. The first-order chi connectivity index (χ1) is 8.81. The highest BCUT2D eigenvalue weighted by Gasteiger charge is 2.14. The van der Waals surface area contributed by atoms with Crippen LogP contribution in [0.1, 0.15) is 31.7 Å². The van der Waals surface area contributed by atoms with Gasteiger partial charge >= 0.3 is 0 Å². The van der Waals surface area contributed by atoms with E-state index < -0.39 is 0 Å². The molecule has 1 aliphatic rings. The molecule has 2 heteroatoms. The van der Waals surface area contributed by atoms with Gasteiger partial charge in [0.05, 0.1) is 0 Å². The van der Waals surface area contributed by atoms with Crippen molar-refractivity contribution in [3.05, 3.63) is 29.8 Å². The van der Waals surface area contributed by atoms with Crippen LogP contribution in [0, 0.1) is 12.8 Å². The fourth-order valence-electron chi connectivity index (χ4n) is 2.88. The molecule has 1 fully saturated rings. The number of hydrogen-bond acceptors (Lipinski definition) is 2. The average molecular weight is 246 g/mol. The normalized spacial score (nSPS) is 19.8. The summed E-state index contributed by atoms with van der Waals surface area (Å²) in [6, 6.07) is 8.73. The lowest BCUT2D eigenvalue weighted by atomic mass is 9.96. The average Bonchev–Trinajstić information content (AvgIpc) is 2.42. The van der Waals surface area contributed by atoms with E-state index in [2.05, 4.69) is 48.3 Å². The third-order valence-electron chi connectivity index (χ3n) is 4.04. The summed E-state index contributed by atoms with van der Waals surface area (Å²) in [6.07, 6.45) is 4.06. The summed E-state index contributed by atoms with van der Waals surface area (Å²) in [6.45, 7) is 9.18. The van der Waals surface area contributed by atoms with Crippen molar-refractivity contribution in [1.29, 1.82) is 0 Å². The SMILES string of the molecule is CCN(CCC1CCCNC1)c1ccccc1C. The predicted molar refractivity (Wildman–Crippen MR) is 79.3 cm³/mol. The summed E-state index contributed by atoms with van der Waals surface area (Å²) in [4.78, 5) is 2.52. The van der Waals surface area contributed by atoms with Crippen LogP contribution in [0.3, 0.4) is 0 Å². The Balaban J connectivity index is 1.91. The largest absolute Gasteiger partial charge is 0.372 e. The Morgan fingerprint density at radius 1 is 1.33 bits per heavy atom. The molecule has 100 valence electrons. The molecule has 0 saturated carbocycles. The molecule has 2 rings (SSSR count). The molecule has 1 atom stereocenters. The second kappa shape index (κ2) is 6.79. The molecule has 0 aliphatic carbocycles. The smallest absolute Gasteiger partial charge is 0.0395 e. The van der Waals surface area contributed by atoms with Crippen molar-refractivity contribution in [1.82, 2.24) is 5.32 Å². The van der Waals surface area contributed by atoms with E-state index >= 15 is 0 Å². The van der Waals surface area contributed by atoms with Crippen molar-refractivity contribution >= 4 is 5.69 Å². The fraction of sp³-hybridized carbons (Fsp3) is 0.625. The second-order valence-corrected chi connectivity index (χ2v) is 5.37. The Morgan fingerprint density at radius 2 is 2.17 bits per heavy atom. The highest BCUT2D eigenvalue weighted by atomic mass is 15.1. The van der Waals surface area contributed by atoms with Gasteiger partial charge in [0.1, 0.15) is 0 Å². The molecule has 0 aromatic heterocycles. The van der Waals surface area contributed by atoms with Gasteiger partial charge < -0.3 is 10.2 Å². The first kappa shape index (κ1) is 13.4. The molecule has 18 heavy (non-hydrogen) atoms. The molecule has 1 saturated heterocycles. The highest BCUT2D eigenvalue weighted by Crippen LogP contribution is 2.21. The summed E-state index contributed by atoms with van der Waals surface area (Å²) >= 11 is 0. The summed E-state index contributed by atoms with van der Waals surface area (Å²) in [7, 11) is 0. The van der Waals surface area contributed by atoms with Crippen molar-refractivity contribution in [3.63, 3.8) is 0 Å². The van der Waals surface area contributed by atoms with E-state index in [9.17, 15) is 0 Å². The number of para-hydroxylation sites is 1. The monoisotopic (exact) mass is 246 g/mol. The van der Waals surface area contributed by atoms with Gasteiger partial charge in [-0.1, -0.05) is 18.2 Å². The van der Waals surface area contributed by atoms with Crippen molar-refractivity contribution in [2.24, 2.45) is 5.92 Å². The zero-order valence-electron chi connectivity index (χ0n) is 11.8. The molecule has 1 aromatic carbocycles. The molecular formula is C16H26N2. The first-order valence-corrected chi connectivity index (χ1v) is 7.32. The standard InChI is InChI=1S/C16H26N2/c1-3-18(16-9-5-4-7-14(16)2)12-10-15-8-6-11-17-13-15/h4-5,7,9,15,17H,3,6,8,10-13H2,1-2H3. The van der Waals surface area contributed by atoms with Crippen LogP contribution in [0.4, 0.5) is 5.69 Å². The Morgan fingerprint density at radius 3 is 2.83 bits per heavy atom. The zero-order valence-corrected chi connectivity index (χ0v) is 11.8. The third-order valence-corrected chi connectivity index (χ3v) is 4.04. The van der Waals surface area contributed by atoms with Crippen LogP contribution >= 0.6 is 0 Å². The maximum Gasteiger partial charge on any atom is 0.0395 e. The number of piperidine rings is 1. The van der Waals surface area contributed by atoms with Gasteiger partial charge in [-0.05, 0) is 63.7 Å². The third kappa shape index (κ3) is 3.49. The Labute approximate surface area is 111 Å². The predicted octanol–water partition coefficient (Wildman–Crippen LogP) is 3.21. The molecule has 0 amide bonds. The van der Waals surface area contributed by atoms with E-state index in [0.29, 0.717) is 0 Å². The van der Waals surface area contributed by atoms with Crippen molar-refractivity contribution in [3.8, 4) is 0 Å². The van der Waals surface area contributed by atoms with E-state index in [1.807, 2.05) is 0 Å². The van der Waals surface area contributed by atoms with Crippen LogP contribution < -0.4 is 10.2 Å². The minimum Gasteiger partial charge on any atom is -0.372 e. The number of nitrogens with one attached hydrogen (secondary N) is 1. The molecular weight excluding hydrogens is 220 g/mol. The van der Waals surface area contributed by atoms with Crippen molar-refractivity contribution < 1.29 is 0 Å². The molecule has 1 aromatic rings. The van der Waals surface area contributed by atoms with Gasteiger partial charge in [0, 0.05) is 18.8 Å². The number of aryl methyl sites for hydroxylation is 1. The lowest BCUT2D eigenvalue weighted by Gasteiger charge is -2.29. The minimum atomic E-state index is 0.872. The quantitative estimate of drug-likeness (QED) is 0.858. The molecule has 0 bridgehead atoms. The minimum absolute atomic E-state index is 0.872. The zero-order chi connectivity index (χ0) is 12.8. The van der Waals surface area contributed by atoms with Crippen LogP contribution in [-0.4, -0.2) is 26.2 Å². The maximum absolute atomic E-state index is 3.51. The molecule has 2 nitrogen and oxygen atoms in total. The van der Waals surface area contributed by atoms with Crippen LogP contribution in [0.25, 0.3) is 0 Å². The molecule has 0 radical (unpaired) electrons. The van der Waals surface area contributed by atoms with Gasteiger partial charge in [-0.3, -0.25) is 0 Å². The van der Waals surface area contributed by atoms with Gasteiger partial charge in [0.2, 0.25) is 0 Å². The van der Waals surface area contributed by atoms with Crippen LogP contribution in [-0.2, 0) is 0 Å². The van der Waals surface area contributed by atoms with E-state index in [1.165, 1.54) is 50.1 Å². The molecule has 0 spiro atoms. The fourth-order valence-corrected chi connectivity index (χ4v) is 2.88. The maximum atomic E-state index is 3.51.